The monoisotopic (exact) mass is 519 g/mol. The molecule has 8 heteroatoms. The van der Waals surface area contributed by atoms with Gasteiger partial charge in [-0.1, -0.05) is 25.0 Å². The number of nitrogens with one attached hydrogen (secondary N) is 3. The molecule has 0 spiro atoms. The third-order valence-electron chi connectivity index (χ3n) is 8.37. The van der Waals surface area contributed by atoms with Gasteiger partial charge in [0.25, 0.3) is 0 Å². The van der Waals surface area contributed by atoms with Crippen LogP contribution in [0.1, 0.15) is 25.7 Å². The SMILES string of the molecule is CN1CCN(c2cccc3[nH]c(-c4n[nH]c5ccc(-c6cncc(NC(=O)C7CCCC7)c6)cc45)cc23)CC1. The van der Waals surface area contributed by atoms with Gasteiger partial charge in [0.1, 0.15) is 5.69 Å². The third kappa shape index (κ3) is 4.55. The minimum atomic E-state index is 0.105. The van der Waals surface area contributed by atoms with Crippen LogP contribution in [0.3, 0.4) is 0 Å². The summed E-state index contributed by atoms with van der Waals surface area (Å²) in [7, 11) is 2.18. The molecule has 1 saturated heterocycles. The van der Waals surface area contributed by atoms with E-state index < -0.39 is 0 Å². The summed E-state index contributed by atoms with van der Waals surface area (Å²) in [5, 5.41) is 13.2. The lowest BCUT2D eigenvalue weighted by atomic mass is 10.0. The minimum Gasteiger partial charge on any atom is -0.368 e. The zero-order valence-corrected chi connectivity index (χ0v) is 22.2. The second-order valence-corrected chi connectivity index (χ2v) is 11.0. The van der Waals surface area contributed by atoms with Crippen molar-refractivity contribution in [3.8, 4) is 22.5 Å². The quantitative estimate of drug-likeness (QED) is 0.279. The largest absolute Gasteiger partial charge is 0.368 e. The van der Waals surface area contributed by atoms with Crippen molar-refractivity contribution in [3.05, 3.63) is 60.9 Å². The van der Waals surface area contributed by atoms with Crippen molar-refractivity contribution in [1.29, 1.82) is 0 Å². The van der Waals surface area contributed by atoms with Gasteiger partial charge in [-0.3, -0.25) is 14.9 Å². The Balaban J connectivity index is 1.21. The van der Waals surface area contributed by atoms with Crippen LogP contribution in [0.5, 0.6) is 0 Å². The molecule has 0 radical (unpaired) electrons. The van der Waals surface area contributed by atoms with Crippen molar-refractivity contribution >= 4 is 39.1 Å². The first-order valence-electron chi connectivity index (χ1n) is 13.9. The number of nitrogens with zero attached hydrogens (tertiary/aromatic N) is 4. The number of pyridine rings is 1. The van der Waals surface area contributed by atoms with Crippen molar-refractivity contribution < 1.29 is 4.79 Å². The maximum atomic E-state index is 12.7. The van der Waals surface area contributed by atoms with Crippen LogP contribution in [0.25, 0.3) is 44.3 Å². The second-order valence-electron chi connectivity index (χ2n) is 11.0. The highest BCUT2D eigenvalue weighted by Gasteiger charge is 2.23. The van der Waals surface area contributed by atoms with Crippen molar-refractivity contribution in [1.82, 2.24) is 25.1 Å². The smallest absolute Gasteiger partial charge is 0.227 e. The molecule has 4 heterocycles. The lowest BCUT2D eigenvalue weighted by molar-refractivity contribution is -0.119. The van der Waals surface area contributed by atoms with Gasteiger partial charge in [0.2, 0.25) is 5.91 Å². The van der Waals surface area contributed by atoms with Gasteiger partial charge in [-0.15, -0.1) is 0 Å². The summed E-state index contributed by atoms with van der Waals surface area (Å²) in [5.74, 6) is 0.223. The summed E-state index contributed by atoms with van der Waals surface area (Å²) in [6, 6.07) is 17.0. The predicted octanol–water partition coefficient (Wildman–Crippen LogP) is 5.65. The van der Waals surface area contributed by atoms with Crippen LogP contribution in [0, 0.1) is 5.92 Å². The third-order valence-corrected chi connectivity index (χ3v) is 8.37. The molecule has 3 N–H and O–H groups in total. The molecule has 2 aromatic carbocycles. The fraction of sp³-hybridized carbons (Fsp3) is 0.323. The number of piperazine rings is 1. The summed E-state index contributed by atoms with van der Waals surface area (Å²) in [6.07, 6.45) is 7.79. The summed E-state index contributed by atoms with van der Waals surface area (Å²) in [6.45, 7) is 4.19. The Morgan fingerprint density at radius 3 is 2.62 bits per heavy atom. The van der Waals surface area contributed by atoms with Crippen molar-refractivity contribution in [2.75, 3.05) is 43.4 Å². The topological polar surface area (TPSA) is 92.9 Å². The van der Waals surface area contributed by atoms with E-state index in [1.165, 1.54) is 11.1 Å². The number of anilines is 2. The molecule has 5 aromatic rings. The standard InChI is InChI=1S/C31H33N7O/c1-37-11-13-38(14-12-37)29-8-4-7-26-24(29)17-28(34-26)30-25-16-21(9-10-27(25)35-36-30)22-15-23(19-32-18-22)33-31(39)20-5-2-3-6-20/h4,7-10,15-20,34H,2-3,5-6,11-14H2,1H3,(H,33,39)(H,35,36). The Morgan fingerprint density at radius 1 is 0.923 bits per heavy atom. The van der Waals surface area contributed by atoms with E-state index in [1.807, 2.05) is 12.3 Å². The van der Waals surface area contributed by atoms with Crippen LogP contribution < -0.4 is 10.2 Å². The van der Waals surface area contributed by atoms with Gasteiger partial charge in [0, 0.05) is 65.8 Å². The molecular weight excluding hydrogens is 486 g/mol. The van der Waals surface area contributed by atoms with E-state index in [0.717, 1.165) is 96.5 Å². The number of hydrogen-bond acceptors (Lipinski definition) is 5. The van der Waals surface area contributed by atoms with Crippen LogP contribution in [0.4, 0.5) is 11.4 Å². The Bertz CT molecular complexity index is 1650. The number of aromatic nitrogens is 4. The molecule has 39 heavy (non-hydrogen) atoms. The molecule has 0 unspecified atom stereocenters. The molecule has 2 aliphatic rings. The Labute approximate surface area is 227 Å². The number of carbonyl (C=O) groups is 1. The van der Waals surface area contributed by atoms with E-state index in [1.54, 1.807) is 6.20 Å². The normalized spacial score (nSPS) is 16.9. The molecule has 8 nitrogen and oxygen atoms in total. The van der Waals surface area contributed by atoms with E-state index in [2.05, 4.69) is 79.7 Å². The second kappa shape index (κ2) is 9.85. The summed E-state index contributed by atoms with van der Waals surface area (Å²) >= 11 is 0. The van der Waals surface area contributed by atoms with Gasteiger partial charge in [-0.2, -0.15) is 5.10 Å². The highest BCUT2D eigenvalue weighted by Crippen LogP contribution is 2.35. The van der Waals surface area contributed by atoms with Gasteiger partial charge in [0.15, 0.2) is 0 Å². The number of fused-ring (bicyclic) bond motifs is 2. The molecule has 1 aliphatic heterocycles. The average molecular weight is 520 g/mol. The van der Waals surface area contributed by atoms with Crippen LogP contribution in [0.2, 0.25) is 0 Å². The molecule has 1 amide bonds. The number of amides is 1. The van der Waals surface area contributed by atoms with Crippen LogP contribution in [-0.4, -0.2) is 64.2 Å². The maximum absolute atomic E-state index is 12.7. The Hall–Kier alpha value is -4.17. The zero-order chi connectivity index (χ0) is 26.3. The molecule has 2 fully saturated rings. The van der Waals surface area contributed by atoms with Gasteiger partial charge >= 0.3 is 0 Å². The Kier molecular flexibility index (Phi) is 6.04. The van der Waals surface area contributed by atoms with E-state index in [4.69, 9.17) is 5.10 Å². The highest BCUT2D eigenvalue weighted by molar-refractivity contribution is 6.01. The van der Waals surface area contributed by atoms with Gasteiger partial charge < -0.3 is 20.1 Å². The number of hydrogen-bond donors (Lipinski definition) is 3. The molecular formula is C31H33N7O. The van der Waals surface area contributed by atoms with Crippen LogP contribution in [-0.2, 0) is 4.79 Å². The predicted molar refractivity (Wildman–Crippen MR) is 157 cm³/mol. The van der Waals surface area contributed by atoms with E-state index >= 15 is 0 Å². The van der Waals surface area contributed by atoms with E-state index in [0.29, 0.717) is 0 Å². The van der Waals surface area contributed by atoms with Gasteiger partial charge in [0.05, 0.1) is 23.1 Å². The number of rotatable bonds is 5. The molecule has 1 aliphatic carbocycles. The minimum absolute atomic E-state index is 0.105. The summed E-state index contributed by atoms with van der Waals surface area (Å²) < 4.78 is 0. The molecule has 1 saturated carbocycles. The van der Waals surface area contributed by atoms with Crippen molar-refractivity contribution in [3.63, 3.8) is 0 Å². The number of H-pyrrole nitrogens is 2. The Morgan fingerprint density at radius 2 is 1.77 bits per heavy atom. The number of aromatic amines is 2. The fourth-order valence-electron chi connectivity index (χ4n) is 6.09. The van der Waals surface area contributed by atoms with Crippen molar-refractivity contribution in [2.24, 2.45) is 5.92 Å². The molecule has 198 valence electrons. The lowest BCUT2D eigenvalue weighted by Crippen LogP contribution is -2.44. The van der Waals surface area contributed by atoms with Gasteiger partial charge in [-0.25, -0.2) is 0 Å². The van der Waals surface area contributed by atoms with Crippen molar-refractivity contribution in [2.45, 2.75) is 25.7 Å². The maximum Gasteiger partial charge on any atom is 0.227 e. The van der Waals surface area contributed by atoms with Crippen LogP contribution in [0.15, 0.2) is 60.9 Å². The summed E-state index contributed by atoms with van der Waals surface area (Å²) in [5.41, 5.74) is 7.98. The number of likely N-dealkylation sites (N-methyl/N-ethyl adjacent to an activating group) is 1. The number of benzene rings is 2. The first-order chi connectivity index (χ1) is 19.1. The lowest BCUT2D eigenvalue weighted by Gasteiger charge is -2.34. The zero-order valence-electron chi connectivity index (χ0n) is 22.2. The van der Waals surface area contributed by atoms with E-state index in [9.17, 15) is 4.79 Å². The molecule has 7 rings (SSSR count). The first kappa shape index (κ1) is 23.9. The highest BCUT2D eigenvalue weighted by atomic mass is 16.1. The van der Waals surface area contributed by atoms with Gasteiger partial charge in [-0.05, 0) is 61.9 Å². The molecule has 3 aromatic heterocycles. The summed E-state index contributed by atoms with van der Waals surface area (Å²) in [4.78, 5) is 25.6. The average Bonchev–Trinajstić information content (AvgIpc) is 3.73. The molecule has 0 bridgehead atoms. The number of carbonyl (C=O) groups excluding carboxylic acids is 1. The van der Waals surface area contributed by atoms with E-state index in [-0.39, 0.29) is 11.8 Å². The fourth-order valence-corrected chi connectivity index (χ4v) is 6.09. The first-order valence-corrected chi connectivity index (χ1v) is 13.9. The van der Waals surface area contributed by atoms with Crippen LogP contribution >= 0.6 is 0 Å². The molecule has 0 atom stereocenters.